The number of hydrogen-bond acceptors (Lipinski definition) is 7. The van der Waals surface area contributed by atoms with Crippen LogP contribution in [0.5, 0.6) is 5.75 Å². The molecule has 1 amide bonds. The van der Waals surface area contributed by atoms with Gasteiger partial charge in [-0.2, -0.15) is 11.3 Å². The van der Waals surface area contributed by atoms with E-state index in [1.807, 2.05) is 102 Å². The highest BCUT2D eigenvalue weighted by Crippen LogP contribution is 2.23. The molecule has 0 saturated carbocycles. The summed E-state index contributed by atoms with van der Waals surface area (Å²) in [6.07, 6.45) is 4.40. The minimum atomic E-state index is -0.716. The quantitative estimate of drug-likeness (QED) is 0.0545. The zero-order valence-corrected chi connectivity index (χ0v) is 26.9. The van der Waals surface area contributed by atoms with E-state index >= 15 is 0 Å². The number of amides is 1. The number of hydrogen-bond donors (Lipinski definition) is 1. The molecule has 0 radical (unpaired) electrons. The summed E-state index contributed by atoms with van der Waals surface area (Å²) in [5, 5.41) is 7.22. The van der Waals surface area contributed by atoms with Crippen LogP contribution in [0.25, 0.3) is 6.08 Å². The van der Waals surface area contributed by atoms with E-state index in [1.165, 1.54) is 7.11 Å². The number of carbonyl (C=O) groups excluding carboxylic acids is 3. The Kier molecular flexibility index (Phi) is 11.7. The van der Waals surface area contributed by atoms with Crippen molar-refractivity contribution in [2.45, 2.75) is 18.9 Å². The van der Waals surface area contributed by atoms with Crippen LogP contribution in [0.15, 0.2) is 132 Å². The summed E-state index contributed by atoms with van der Waals surface area (Å²) in [5.74, 6) is 0.0255. The first-order chi connectivity index (χ1) is 23.0. The lowest BCUT2D eigenvalue weighted by atomic mass is 10.00. The van der Waals surface area contributed by atoms with E-state index < -0.39 is 12.0 Å². The van der Waals surface area contributed by atoms with Crippen molar-refractivity contribution in [2.75, 3.05) is 30.5 Å². The van der Waals surface area contributed by atoms with Crippen LogP contribution < -0.4 is 15.0 Å². The summed E-state index contributed by atoms with van der Waals surface area (Å²) in [4.78, 5) is 40.8. The third-order valence-electron chi connectivity index (χ3n) is 7.48. The Bertz CT molecular complexity index is 1770. The molecule has 7 nitrogen and oxygen atoms in total. The molecule has 1 atom stereocenters. The van der Waals surface area contributed by atoms with Crippen LogP contribution in [0.2, 0.25) is 0 Å². The van der Waals surface area contributed by atoms with Gasteiger partial charge in [-0.05, 0) is 76.8 Å². The molecule has 0 aliphatic rings. The van der Waals surface area contributed by atoms with Crippen molar-refractivity contribution < 1.29 is 23.9 Å². The number of esters is 1. The van der Waals surface area contributed by atoms with Crippen LogP contribution >= 0.6 is 11.3 Å². The van der Waals surface area contributed by atoms with Gasteiger partial charge in [0, 0.05) is 41.5 Å². The van der Waals surface area contributed by atoms with Crippen LogP contribution in [-0.2, 0) is 20.7 Å². The van der Waals surface area contributed by atoms with Gasteiger partial charge in [0.2, 0.25) is 0 Å². The molecule has 1 aromatic heterocycles. The van der Waals surface area contributed by atoms with Gasteiger partial charge in [-0.3, -0.25) is 9.59 Å². The standard InChI is InChI=1S/C39H36N2O5S/c1-45-39(44)36(40-35-16-9-8-15-34(35)38(43)31-11-4-2-5-12-31)27-29-17-20-33(21-18-29)46-25-10-24-41(32-13-6-3-7-14-32)37(42)22-19-30-23-26-47-28-30/h2-9,11-23,26,28,36,40H,10,24-25,27H2,1H3/t36-/m0/s1. The molecule has 8 heteroatoms. The topological polar surface area (TPSA) is 84.9 Å². The first kappa shape index (κ1) is 32.9. The maximum atomic E-state index is 13.2. The van der Waals surface area contributed by atoms with Gasteiger partial charge < -0.3 is 19.7 Å². The molecule has 4 aromatic carbocycles. The molecule has 0 saturated heterocycles. The van der Waals surface area contributed by atoms with Crippen LogP contribution in [0.3, 0.4) is 0 Å². The van der Waals surface area contributed by atoms with Crippen molar-refractivity contribution in [3.63, 3.8) is 0 Å². The number of ether oxygens (including phenoxy) is 2. The minimum absolute atomic E-state index is 0.0902. The number of thiophene rings is 1. The molecule has 0 fully saturated rings. The minimum Gasteiger partial charge on any atom is -0.494 e. The molecule has 0 aliphatic heterocycles. The molecule has 238 valence electrons. The Labute approximate surface area is 279 Å². The van der Waals surface area contributed by atoms with Crippen LogP contribution in [-0.4, -0.2) is 44.0 Å². The van der Waals surface area contributed by atoms with E-state index in [-0.39, 0.29) is 11.7 Å². The van der Waals surface area contributed by atoms with Crippen molar-refractivity contribution in [1.82, 2.24) is 0 Å². The highest BCUT2D eigenvalue weighted by Gasteiger charge is 2.23. The molecular weight excluding hydrogens is 609 g/mol. The van der Waals surface area contributed by atoms with Gasteiger partial charge in [0.25, 0.3) is 5.91 Å². The first-order valence-corrected chi connectivity index (χ1v) is 16.3. The Balaban J connectivity index is 1.18. The number of para-hydroxylation sites is 2. The van der Waals surface area contributed by atoms with Gasteiger partial charge >= 0.3 is 5.97 Å². The fraction of sp³-hybridized carbons (Fsp3) is 0.154. The van der Waals surface area contributed by atoms with Crippen molar-refractivity contribution in [3.8, 4) is 5.75 Å². The maximum absolute atomic E-state index is 13.2. The van der Waals surface area contributed by atoms with Gasteiger partial charge in [0.05, 0.1) is 13.7 Å². The first-order valence-electron chi connectivity index (χ1n) is 15.3. The second-order valence-corrected chi connectivity index (χ2v) is 11.5. The van der Waals surface area contributed by atoms with Gasteiger partial charge in [0.1, 0.15) is 11.8 Å². The predicted molar refractivity (Wildman–Crippen MR) is 188 cm³/mol. The maximum Gasteiger partial charge on any atom is 0.328 e. The Morgan fingerprint density at radius 1 is 0.851 bits per heavy atom. The molecule has 0 bridgehead atoms. The van der Waals surface area contributed by atoms with E-state index in [1.54, 1.807) is 52.6 Å². The average molecular weight is 645 g/mol. The van der Waals surface area contributed by atoms with Crippen LogP contribution in [0, 0.1) is 0 Å². The highest BCUT2D eigenvalue weighted by atomic mass is 32.1. The Hall–Kier alpha value is -5.47. The van der Waals surface area contributed by atoms with Gasteiger partial charge in [-0.15, -0.1) is 0 Å². The number of nitrogens with one attached hydrogen (secondary N) is 1. The fourth-order valence-corrected chi connectivity index (χ4v) is 5.68. The number of methoxy groups -OCH3 is 1. The largest absolute Gasteiger partial charge is 0.494 e. The zero-order valence-electron chi connectivity index (χ0n) is 26.1. The summed E-state index contributed by atoms with van der Waals surface area (Å²) >= 11 is 1.59. The molecule has 0 aliphatic carbocycles. The average Bonchev–Trinajstić information content (AvgIpc) is 3.65. The van der Waals surface area contributed by atoms with Crippen molar-refractivity contribution in [1.29, 1.82) is 0 Å². The third-order valence-corrected chi connectivity index (χ3v) is 8.18. The van der Waals surface area contributed by atoms with Gasteiger partial charge in [-0.1, -0.05) is 72.8 Å². The second kappa shape index (κ2) is 16.7. The molecule has 5 aromatic rings. The molecule has 0 spiro atoms. The van der Waals surface area contributed by atoms with E-state index in [4.69, 9.17) is 9.47 Å². The lowest BCUT2D eigenvalue weighted by molar-refractivity contribution is -0.141. The Morgan fingerprint density at radius 2 is 1.55 bits per heavy atom. The normalized spacial score (nSPS) is 11.5. The van der Waals surface area contributed by atoms with E-state index in [0.717, 1.165) is 16.8 Å². The van der Waals surface area contributed by atoms with Crippen molar-refractivity contribution in [3.05, 3.63) is 154 Å². The summed E-state index contributed by atoms with van der Waals surface area (Å²) in [6.45, 7) is 0.915. The summed E-state index contributed by atoms with van der Waals surface area (Å²) < 4.78 is 11.1. The van der Waals surface area contributed by atoms with E-state index in [2.05, 4.69) is 5.32 Å². The lowest BCUT2D eigenvalue weighted by Crippen LogP contribution is -2.33. The van der Waals surface area contributed by atoms with Crippen molar-refractivity contribution >= 4 is 46.4 Å². The lowest BCUT2D eigenvalue weighted by Gasteiger charge is -2.21. The number of ketones is 1. The molecule has 5 rings (SSSR count). The summed E-state index contributed by atoms with van der Waals surface area (Å²) in [6, 6.07) is 34.6. The number of rotatable bonds is 15. The smallest absolute Gasteiger partial charge is 0.328 e. The molecular formula is C39H36N2O5S. The van der Waals surface area contributed by atoms with Crippen LogP contribution in [0.1, 0.15) is 33.5 Å². The van der Waals surface area contributed by atoms with Crippen LogP contribution in [0.4, 0.5) is 11.4 Å². The number of benzene rings is 4. The highest BCUT2D eigenvalue weighted by molar-refractivity contribution is 7.08. The van der Waals surface area contributed by atoms with E-state index in [0.29, 0.717) is 48.6 Å². The molecule has 1 N–H and O–H groups in total. The third kappa shape index (κ3) is 9.28. The number of anilines is 2. The van der Waals surface area contributed by atoms with E-state index in [9.17, 15) is 14.4 Å². The summed E-state index contributed by atoms with van der Waals surface area (Å²) in [5.41, 5.74) is 4.32. The molecule has 47 heavy (non-hydrogen) atoms. The fourth-order valence-electron chi connectivity index (χ4n) is 5.05. The zero-order chi connectivity index (χ0) is 32.8. The van der Waals surface area contributed by atoms with Gasteiger partial charge in [0.15, 0.2) is 5.78 Å². The number of nitrogens with zero attached hydrogens (tertiary/aromatic N) is 1. The SMILES string of the molecule is COC(=O)[C@H](Cc1ccc(OCCCN(C(=O)C=Cc2ccsc2)c2ccccc2)cc1)Nc1ccccc1C(=O)c1ccccc1. The van der Waals surface area contributed by atoms with Gasteiger partial charge in [-0.25, -0.2) is 4.79 Å². The summed E-state index contributed by atoms with van der Waals surface area (Å²) in [7, 11) is 1.35. The molecule has 1 heterocycles. The number of carbonyl (C=O) groups is 3. The Morgan fingerprint density at radius 3 is 2.26 bits per heavy atom. The van der Waals surface area contributed by atoms with Crippen molar-refractivity contribution in [2.24, 2.45) is 0 Å². The molecule has 0 unspecified atom stereocenters. The monoisotopic (exact) mass is 644 g/mol. The predicted octanol–water partition coefficient (Wildman–Crippen LogP) is 7.69. The second-order valence-electron chi connectivity index (χ2n) is 10.7.